The van der Waals surface area contributed by atoms with Crippen molar-refractivity contribution in [1.82, 2.24) is 0 Å². The lowest BCUT2D eigenvalue weighted by atomic mass is 10.2. The minimum absolute atomic E-state index is 0.0753. The highest BCUT2D eigenvalue weighted by Gasteiger charge is 2.17. The van der Waals surface area contributed by atoms with Gasteiger partial charge in [-0.3, -0.25) is 10.1 Å². The van der Waals surface area contributed by atoms with Crippen molar-refractivity contribution in [2.45, 2.75) is 6.16 Å². The number of benzene rings is 2. The van der Waals surface area contributed by atoms with Gasteiger partial charge in [-0.25, -0.2) is 0 Å². The first-order chi connectivity index (χ1) is 8.99. The minimum atomic E-state index is -2.17. The molecule has 0 radical (unpaired) electrons. The van der Waals surface area contributed by atoms with Crippen LogP contribution in [0.3, 0.4) is 0 Å². The van der Waals surface area contributed by atoms with Gasteiger partial charge in [-0.15, -0.1) is 0 Å². The van der Waals surface area contributed by atoms with Crippen molar-refractivity contribution in [2.24, 2.45) is 0 Å². The van der Waals surface area contributed by atoms with Crippen LogP contribution in [-0.4, -0.2) is 4.92 Å². The van der Waals surface area contributed by atoms with E-state index in [1.807, 2.05) is 30.3 Å². The molecule has 2 aromatic carbocycles. The Hall–Kier alpha value is -1.22. The van der Waals surface area contributed by atoms with E-state index in [0.29, 0.717) is 6.16 Å². The van der Waals surface area contributed by atoms with Gasteiger partial charge >= 0.3 is 0 Å². The zero-order chi connectivity index (χ0) is 13.9. The molecule has 0 aliphatic carbocycles. The number of nitrogens with zero attached hydrogens (tertiary/aromatic N) is 1. The zero-order valence-corrected chi connectivity index (χ0v) is 12.4. The Morgan fingerprint density at radius 3 is 2.21 bits per heavy atom. The van der Waals surface area contributed by atoms with Crippen LogP contribution in [0, 0.1) is 10.1 Å². The van der Waals surface area contributed by atoms with Gasteiger partial charge in [0.05, 0.1) is 10.3 Å². The van der Waals surface area contributed by atoms with E-state index in [1.165, 1.54) is 12.1 Å². The third-order valence-corrected chi connectivity index (χ3v) is 6.48. The van der Waals surface area contributed by atoms with Gasteiger partial charge in [0, 0.05) is 18.3 Å². The van der Waals surface area contributed by atoms with E-state index in [2.05, 4.69) is 0 Å². The molecule has 0 spiro atoms. The third-order valence-electron chi connectivity index (χ3n) is 2.67. The maximum absolute atomic E-state index is 10.6. The van der Waals surface area contributed by atoms with Gasteiger partial charge in [0.15, 0.2) is 0 Å². The van der Waals surface area contributed by atoms with E-state index in [9.17, 15) is 10.1 Å². The lowest BCUT2D eigenvalue weighted by Gasteiger charge is -2.14. The Morgan fingerprint density at radius 1 is 1.11 bits per heavy atom. The van der Waals surface area contributed by atoms with Crippen LogP contribution in [0.2, 0.25) is 0 Å². The van der Waals surface area contributed by atoms with Crippen LogP contribution in [0.25, 0.3) is 0 Å². The molecule has 3 nitrogen and oxygen atoms in total. The van der Waals surface area contributed by atoms with Crippen LogP contribution in [-0.2, 0) is 18.0 Å². The molecule has 19 heavy (non-hydrogen) atoms. The summed E-state index contributed by atoms with van der Waals surface area (Å²) in [7, 11) is 0. The number of rotatable bonds is 4. The molecule has 1 unspecified atom stereocenters. The van der Waals surface area contributed by atoms with E-state index in [0.717, 1.165) is 10.9 Å². The standard InChI is InChI=1S/C13H11ClNO2PS/c14-18(19,13-4-2-1-3-5-13)10-11-6-8-12(9-7-11)15(16)17/h1-9H,10H2. The van der Waals surface area contributed by atoms with Gasteiger partial charge in [-0.2, -0.15) is 0 Å². The SMILES string of the molecule is O=[N+]([O-])c1ccc(CP(=S)(Cl)c2ccccc2)cc1. The molecule has 0 aliphatic heterocycles. The molecule has 0 heterocycles. The number of non-ortho nitro benzene ring substituents is 1. The smallest absolute Gasteiger partial charge is 0.258 e. The first-order valence-electron chi connectivity index (χ1n) is 5.57. The molecule has 1 atom stereocenters. The van der Waals surface area contributed by atoms with Gasteiger partial charge in [0.2, 0.25) is 0 Å². The molecule has 0 aromatic heterocycles. The molecule has 98 valence electrons. The van der Waals surface area contributed by atoms with Gasteiger partial charge in [0.1, 0.15) is 0 Å². The first kappa shape index (κ1) is 14.2. The normalized spacial score (nSPS) is 13.7. The van der Waals surface area contributed by atoms with E-state index in [-0.39, 0.29) is 5.69 Å². The number of nitro groups is 1. The molecule has 0 saturated heterocycles. The Bertz CT molecular complexity index is 631. The molecule has 0 aliphatic rings. The van der Waals surface area contributed by atoms with E-state index in [1.54, 1.807) is 12.1 Å². The van der Waals surface area contributed by atoms with Gasteiger partial charge in [0.25, 0.3) is 5.69 Å². The van der Waals surface area contributed by atoms with E-state index >= 15 is 0 Å². The summed E-state index contributed by atoms with van der Waals surface area (Å²) in [5, 5.41) is 9.38. The summed E-state index contributed by atoms with van der Waals surface area (Å²) < 4.78 is 0. The third kappa shape index (κ3) is 3.63. The van der Waals surface area contributed by atoms with Crippen molar-refractivity contribution in [1.29, 1.82) is 0 Å². The monoisotopic (exact) mass is 311 g/mol. The molecular formula is C13H11ClNO2PS. The summed E-state index contributed by atoms with van der Waals surface area (Å²) in [5.41, 5.74) is 0.999. The van der Waals surface area contributed by atoms with Crippen LogP contribution in [0.5, 0.6) is 0 Å². The predicted octanol–water partition coefficient (Wildman–Crippen LogP) is 4.05. The lowest BCUT2D eigenvalue weighted by Crippen LogP contribution is -2.01. The summed E-state index contributed by atoms with van der Waals surface area (Å²) >= 11 is 12.0. The number of hydrogen-bond acceptors (Lipinski definition) is 3. The van der Waals surface area contributed by atoms with E-state index < -0.39 is 10.3 Å². The van der Waals surface area contributed by atoms with Crippen molar-refractivity contribution in [3.05, 3.63) is 70.3 Å². The fourth-order valence-electron chi connectivity index (χ4n) is 1.70. The molecule has 0 fully saturated rings. The second-order valence-electron chi connectivity index (χ2n) is 4.07. The maximum atomic E-state index is 10.6. The molecule has 2 rings (SSSR count). The maximum Gasteiger partial charge on any atom is 0.269 e. The molecule has 0 bridgehead atoms. The molecule has 2 aromatic rings. The fraction of sp³-hybridized carbons (Fsp3) is 0.0769. The second-order valence-corrected chi connectivity index (χ2v) is 10.4. The van der Waals surface area contributed by atoms with Gasteiger partial charge < -0.3 is 0 Å². The van der Waals surface area contributed by atoms with Crippen LogP contribution in [0.15, 0.2) is 54.6 Å². The van der Waals surface area contributed by atoms with Crippen molar-refractivity contribution >= 4 is 39.4 Å². The topological polar surface area (TPSA) is 43.1 Å². The van der Waals surface area contributed by atoms with Crippen LogP contribution >= 0.6 is 16.6 Å². The highest BCUT2D eigenvalue weighted by molar-refractivity contribution is 8.30. The van der Waals surface area contributed by atoms with E-state index in [4.69, 9.17) is 23.0 Å². The van der Waals surface area contributed by atoms with Crippen LogP contribution < -0.4 is 5.30 Å². The summed E-state index contributed by atoms with van der Waals surface area (Å²) in [6.07, 6.45) is 0.548. The van der Waals surface area contributed by atoms with Gasteiger partial charge in [-0.1, -0.05) is 65.5 Å². The predicted molar refractivity (Wildman–Crippen MR) is 83.0 cm³/mol. The average Bonchev–Trinajstić information content (AvgIpc) is 2.40. The van der Waals surface area contributed by atoms with Crippen LogP contribution in [0.4, 0.5) is 5.69 Å². The van der Waals surface area contributed by atoms with Crippen molar-refractivity contribution in [3.63, 3.8) is 0 Å². The summed E-state index contributed by atoms with van der Waals surface area (Å²) in [4.78, 5) is 10.2. The number of hydrogen-bond donors (Lipinski definition) is 0. The summed E-state index contributed by atoms with van der Waals surface area (Å²) in [5.74, 6) is 0. The van der Waals surface area contributed by atoms with Crippen LogP contribution in [0.1, 0.15) is 5.56 Å². The molecule has 6 heteroatoms. The largest absolute Gasteiger partial charge is 0.269 e. The Balaban J connectivity index is 2.21. The lowest BCUT2D eigenvalue weighted by molar-refractivity contribution is -0.384. The highest BCUT2D eigenvalue weighted by atomic mass is 35.7. The molecule has 0 N–H and O–H groups in total. The number of nitro benzene ring substituents is 1. The quantitative estimate of drug-likeness (QED) is 0.486. The molecule has 0 saturated carbocycles. The summed E-state index contributed by atoms with van der Waals surface area (Å²) in [6, 6.07) is 16.0. The highest BCUT2D eigenvalue weighted by Crippen LogP contribution is 2.53. The number of halogens is 1. The Labute approximate surface area is 121 Å². The molecular weight excluding hydrogens is 301 g/mol. The van der Waals surface area contributed by atoms with Crippen molar-refractivity contribution in [2.75, 3.05) is 0 Å². The average molecular weight is 312 g/mol. The first-order valence-corrected chi connectivity index (χ1v) is 9.46. The van der Waals surface area contributed by atoms with Gasteiger partial charge in [-0.05, 0) is 10.9 Å². The fourth-order valence-corrected chi connectivity index (χ4v) is 4.74. The second kappa shape index (κ2) is 5.83. The van der Waals surface area contributed by atoms with Crippen molar-refractivity contribution in [3.8, 4) is 0 Å². The zero-order valence-electron chi connectivity index (χ0n) is 9.90. The van der Waals surface area contributed by atoms with Crippen molar-refractivity contribution < 1.29 is 4.92 Å². The summed E-state index contributed by atoms with van der Waals surface area (Å²) in [6.45, 7) is 0. The Morgan fingerprint density at radius 2 is 1.68 bits per heavy atom. The molecule has 0 amide bonds. The minimum Gasteiger partial charge on any atom is -0.258 e. The Kier molecular flexibility index (Phi) is 4.35.